The van der Waals surface area contributed by atoms with Crippen LogP contribution in [0.5, 0.6) is 0 Å². The van der Waals surface area contributed by atoms with E-state index in [-0.39, 0.29) is 23.0 Å². The number of pyridine rings is 1. The molecule has 4 aromatic rings. The van der Waals surface area contributed by atoms with E-state index >= 15 is 4.39 Å². The highest BCUT2D eigenvalue weighted by molar-refractivity contribution is 6.31. The van der Waals surface area contributed by atoms with Crippen molar-refractivity contribution in [1.82, 2.24) is 35.0 Å². The topological polar surface area (TPSA) is 134 Å². The van der Waals surface area contributed by atoms with E-state index in [1.54, 1.807) is 17.1 Å². The molecular formula is C21H19ClFN9. The Balaban J connectivity index is 1.63. The third kappa shape index (κ3) is 3.18. The van der Waals surface area contributed by atoms with Gasteiger partial charge in [0.15, 0.2) is 5.15 Å². The summed E-state index contributed by atoms with van der Waals surface area (Å²) in [4.78, 5) is 16.0. The molecule has 0 aliphatic carbocycles. The Morgan fingerprint density at radius 2 is 2.28 bits per heavy atom. The van der Waals surface area contributed by atoms with Gasteiger partial charge in [0.1, 0.15) is 17.8 Å². The van der Waals surface area contributed by atoms with Crippen LogP contribution in [0.2, 0.25) is 5.15 Å². The number of fused-ring (bicyclic) bond motifs is 1. The maximum atomic E-state index is 15.1. The first-order valence-electron chi connectivity index (χ1n) is 10.1. The molecule has 0 saturated carbocycles. The number of rotatable bonds is 5. The van der Waals surface area contributed by atoms with E-state index < -0.39 is 17.3 Å². The number of aromatic nitrogens is 6. The van der Waals surface area contributed by atoms with Crippen LogP contribution in [0.15, 0.2) is 37.1 Å². The number of nitrogen functional groups attached to an aromatic ring is 1. The molecule has 11 heteroatoms. The maximum absolute atomic E-state index is 15.1. The van der Waals surface area contributed by atoms with Gasteiger partial charge >= 0.3 is 0 Å². The normalized spacial score (nSPS) is 19.3. The van der Waals surface area contributed by atoms with E-state index in [9.17, 15) is 5.26 Å². The third-order valence-corrected chi connectivity index (χ3v) is 6.39. The Morgan fingerprint density at radius 1 is 1.41 bits per heavy atom. The Morgan fingerprint density at radius 3 is 3.06 bits per heavy atom. The van der Waals surface area contributed by atoms with Crippen LogP contribution in [-0.2, 0) is 5.41 Å². The van der Waals surface area contributed by atoms with Gasteiger partial charge in [-0.3, -0.25) is 4.68 Å². The predicted molar refractivity (Wildman–Crippen MR) is 117 cm³/mol. The lowest BCUT2D eigenvalue weighted by molar-refractivity contribution is 0.257. The van der Waals surface area contributed by atoms with Crippen molar-refractivity contribution in [1.29, 1.82) is 5.26 Å². The van der Waals surface area contributed by atoms with Crippen molar-refractivity contribution >= 4 is 28.3 Å². The minimum absolute atomic E-state index is 0.0420. The van der Waals surface area contributed by atoms with Crippen LogP contribution >= 0.6 is 11.6 Å². The number of nitrogens with zero attached hydrogens (tertiary/aromatic N) is 6. The van der Waals surface area contributed by atoms with Crippen LogP contribution in [0.4, 0.5) is 10.1 Å². The average molecular weight is 452 g/mol. The summed E-state index contributed by atoms with van der Waals surface area (Å²) in [6.45, 7) is 1.07. The fourth-order valence-electron chi connectivity index (χ4n) is 4.55. The highest BCUT2D eigenvalue weighted by atomic mass is 35.5. The minimum Gasteiger partial charge on any atom is -0.396 e. The fraction of sp³-hybridized carbons (Fsp3) is 0.286. The van der Waals surface area contributed by atoms with Gasteiger partial charge in [0.25, 0.3) is 0 Å². The van der Waals surface area contributed by atoms with Crippen LogP contribution in [0.25, 0.3) is 22.3 Å². The number of H-pyrrole nitrogens is 1. The summed E-state index contributed by atoms with van der Waals surface area (Å²) >= 11 is 6.16. The molecule has 32 heavy (non-hydrogen) atoms. The molecule has 2 atom stereocenters. The van der Waals surface area contributed by atoms with E-state index in [0.29, 0.717) is 19.5 Å². The SMILES string of the molecule is N#CCC(n1cc(-c2ncnc3[nH]ccc23)cn1)[C@]1(c2nc(Cl)c(N)cc2F)CCNC1. The first-order valence-corrected chi connectivity index (χ1v) is 10.4. The number of hydrogen-bond donors (Lipinski definition) is 3. The summed E-state index contributed by atoms with van der Waals surface area (Å²) in [5.74, 6) is -0.546. The summed E-state index contributed by atoms with van der Waals surface area (Å²) < 4.78 is 16.8. The van der Waals surface area contributed by atoms with Gasteiger partial charge in [0, 0.05) is 36.0 Å². The number of halogens is 2. The number of aromatic amines is 1. The van der Waals surface area contributed by atoms with E-state index in [1.165, 1.54) is 12.4 Å². The standard InChI is InChI=1S/C21H19ClFN9/c22-19-15(25)7-14(23)18(31-19)21(3-6-26-10-21)16(1-4-24)32-9-12(8-30-32)17-13-2-5-27-20(13)29-11-28-17/h2,5,7-9,11,16,26H,1,3,6,10,25H2,(H,27,28,29)/t16?,21-/m0/s1. The molecule has 0 bridgehead atoms. The zero-order chi connectivity index (χ0) is 22.3. The molecule has 0 aromatic carbocycles. The van der Waals surface area contributed by atoms with Gasteiger partial charge in [-0.15, -0.1) is 0 Å². The molecular weight excluding hydrogens is 433 g/mol. The zero-order valence-electron chi connectivity index (χ0n) is 16.9. The van der Waals surface area contributed by atoms with E-state index in [1.807, 2.05) is 12.3 Å². The van der Waals surface area contributed by atoms with Gasteiger partial charge in [0.05, 0.1) is 47.2 Å². The molecule has 4 aromatic heterocycles. The fourth-order valence-corrected chi connectivity index (χ4v) is 4.69. The summed E-state index contributed by atoms with van der Waals surface area (Å²) in [6, 6.07) is 4.83. The quantitative estimate of drug-likeness (QED) is 0.397. The summed E-state index contributed by atoms with van der Waals surface area (Å²) in [5.41, 5.74) is 7.39. The molecule has 5 rings (SSSR count). The van der Waals surface area contributed by atoms with E-state index in [0.717, 1.165) is 22.3 Å². The second-order valence-electron chi connectivity index (χ2n) is 7.83. The Kier molecular flexibility index (Phi) is 5.00. The zero-order valence-corrected chi connectivity index (χ0v) is 17.6. The van der Waals surface area contributed by atoms with Crippen molar-refractivity contribution in [3.8, 4) is 17.3 Å². The van der Waals surface area contributed by atoms with Crippen molar-refractivity contribution in [3.63, 3.8) is 0 Å². The van der Waals surface area contributed by atoms with E-state index in [2.05, 4.69) is 36.4 Å². The molecule has 9 nitrogen and oxygen atoms in total. The molecule has 1 aliphatic heterocycles. The van der Waals surface area contributed by atoms with E-state index in [4.69, 9.17) is 17.3 Å². The second-order valence-corrected chi connectivity index (χ2v) is 8.19. The first kappa shape index (κ1) is 20.4. The smallest absolute Gasteiger partial charge is 0.152 e. The lowest BCUT2D eigenvalue weighted by atomic mass is 9.74. The molecule has 0 amide bonds. The predicted octanol–water partition coefficient (Wildman–Crippen LogP) is 2.98. The molecule has 1 unspecified atom stereocenters. The molecule has 5 heterocycles. The lowest BCUT2D eigenvalue weighted by Gasteiger charge is -2.35. The van der Waals surface area contributed by atoms with Crippen molar-refractivity contribution in [3.05, 3.63) is 53.7 Å². The number of nitriles is 1. The van der Waals surface area contributed by atoms with Crippen LogP contribution in [-0.4, -0.2) is 42.8 Å². The number of nitrogens with two attached hydrogens (primary N) is 1. The maximum Gasteiger partial charge on any atom is 0.152 e. The number of nitrogens with one attached hydrogen (secondary N) is 2. The molecule has 1 fully saturated rings. The van der Waals surface area contributed by atoms with Crippen molar-refractivity contribution in [2.75, 3.05) is 18.8 Å². The van der Waals surface area contributed by atoms with Gasteiger partial charge in [-0.1, -0.05) is 11.6 Å². The van der Waals surface area contributed by atoms with Crippen LogP contribution in [0, 0.1) is 17.1 Å². The average Bonchev–Trinajstić information content (AvgIpc) is 3.55. The number of hydrogen-bond acceptors (Lipinski definition) is 7. The highest BCUT2D eigenvalue weighted by Crippen LogP contribution is 2.44. The van der Waals surface area contributed by atoms with Crippen molar-refractivity contribution in [2.45, 2.75) is 24.3 Å². The van der Waals surface area contributed by atoms with Crippen LogP contribution in [0.1, 0.15) is 24.6 Å². The van der Waals surface area contributed by atoms with Crippen molar-refractivity contribution in [2.24, 2.45) is 0 Å². The summed E-state index contributed by atoms with van der Waals surface area (Å²) in [6.07, 6.45) is 7.46. The summed E-state index contributed by atoms with van der Waals surface area (Å²) in [5, 5.41) is 18.4. The molecule has 1 saturated heterocycles. The minimum atomic E-state index is -0.824. The van der Waals surface area contributed by atoms with Gasteiger partial charge < -0.3 is 16.0 Å². The Hall–Kier alpha value is -3.55. The molecule has 4 N–H and O–H groups in total. The Labute approximate surface area is 187 Å². The van der Waals surface area contributed by atoms with Crippen LogP contribution in [0.3, 0.4) is 0 Å². The largest absolute Gasteiger partial charge is 0.396 e. The van der Waals surface area contributed by atoms with Gasteiger partial charge in [-0.25, -0.2) is 19.3 Å². The molecule has 162 valence electrons. The monoisotopic (exact) mass is 451 g/mol. The molecule has 0 radical (unpaired) electrons. The van der Waals surface area contributed by atoms with Crippen molar-refractivity contribution < 1.29 is 4.39 Å². The summed E-state index contributed by atoms with van der Waals surface area (Å²) in [7, 11) is 0. The van der Waals surface area contributed by atoms with Gasteiger partial charge in [0.2, 0.25) is 0 Å². The second kappa shape index (κ2) is 7.85. The molecule has 0 spiro atoms. The van der Waals surface area contributed by atoms with Gasteiger partial charge in [-0.2, -0.15) is 10.4 Å². The van der Waals surface area contributed by atoms with Crippen LogP contribution < -0.4 is 11.1 Å². The first-order chi connectivity index (χ1) is 15.5. The third-order valence-electron chi connectivity index (χ3n) is 6.09. The Bertz CT molecular complexity index is 1330. The highest BCUT2D eigenvalue weighted by Gasteiger charge is 2.47. The van der Waals surface area contributed by atoms with Gasteiger partial charge in [-0.05, 0) is 19.0 Å². The number of anilines is 1. The lowest BCUT2D eigenvalue weighted by Crippen LogP contribution is -2.41. The molecule has 1 aliphatic rings.